The average Bonchev–Trinajstić information content (AvgIpc) is 2.41. The second-order valence-corrected chi connectivity index (χ2v) is 5.37. The van der Waals surface area contributed by atoms with Crippen LogP contribution in [0.2, 0.25) is 0 Å². The van der Waals surface area contributed by atoms with E-state index in [0.29, 0.717) is 5.75 Å². The van der Waals surface area contributed by atoms with Gasteiger partial charge >= 0.3 is 0 Å². The average molecular weight is 270 g/mol. The van der Waals surface area contributed by atoms with E-state index in [-0.39, 0.29) is 6.04 Å². The predicted octanol–water partition coefficient (Wildman–Crippen LogP) is 3.94. The van der Waals surface area contributed by atoms with Gasteiger partial charge in [0.05, 0.1) is 6.04 Å². The van der Waals surface area contributed by atoms with Crippen molar-refractivity contribution in [2.45, 2.75) is 19.9 Å². The molecular weight excluding hydrogens is 248 g/mol. The summed E-state index contributed by atoms with van der Waals surface area (Å²) < 4.78 is 0. The molecule has 0 bridgehead atoms. The monoisotopic (exact) mass is 270 g/mol. The second kappa shape index (κ2) is 5.87. The molecule has 2 rings (SSSR count). The molecule has 2 aromatic rings. The van der Waals surface area contributed by atoms with Crippen LogP contribution in [0.25, 0.3) is 0 Å². The van der Waals surface area contributed by atoms with Gasteiger partial charge in [0.1, 0.15) is 5.75 Å². The van der Waals surface area contributed by atoms with Crippen molar-refractivity contribution >= 4 is 11.4 Å². The number of rotatable bonds is 4. The molecule has 0 saturated carbocycles. The normalized spacial score (nSPS) is 12.0. The minimum atomic E-state index is 0.0484. The SMILES string of the molecule is Cc1ccc(O)c(C(C)Nc2cccc(N(C)C)c2)c1. The number of anilines is 2. The number of phenolic OH excluding ortho intramolecular Hbond substituents is 1. The van der Waals surface area contributed by atoms with Crippen molar-refractivity contribution in [3.05, 3.63) is 53.6 Å². The van der Waals surface area contributed by atoms with Gasteiger partial charge in [0.15, 0.2) is 0 Å². The van der Waals surface area contributed by atoms with Crippen molar-refractivity contribution in [3.8, 4) is 5.75 Å². The molecule has 0 aromatic heterocycles. The fourth-order valence-corrected chi connectivity index (χ4v) is 2.22. The van der Waals surface area contributed by atoms with Crippen LogP contribution in [0, 0.1) is 6.92 Å². The Bertz CT molecular complexity index is 593. The largest absolute Gasteiger partial charge is 0.508 e. The lowest BCUT2D eigenvalue weighted by atomic mass is 10.0. The zero-order chi connectivity index (χ0) is 14.7. The van der Waals surface area contributed by atoms with E-state index in [9.17, 15) is 5.11 Å². The molecular formula is C17H22N2O. The first-order valence-electron chi connectivity index (χ1n) is 6.81. The van der Waals surface area contributed by atoms with Crippen LogP contribution in [0.15, 0.2) is 42.5 Å². The Balaban J connectivity index is 2.21. The van der Waals surface area contributed by atoms with E-state index in [4.69, 9.17) is 0 Å². The summed E-state index contributed by atoms with van der Waals surface area (Å²) in [6.07, 6.45) is 0. The molecule has 0 amide bonds. The summed E-state index contributed by atoms with van der Waals surface area (Å²) >= 11 is 0. The molecule has 3 nitrogen and oxygen atoms in total. The molecule has 0 aliphatic rings. The summed E-state index contributed by atoms with van der Waals surface area (Å²) in [5, 5.41) is 13.4. The zero-order valence-corrected chi connectivity index (χ0v) is 12.5. The van der Waals surface area contributed by atoms with Crippen molar-refractivity contribution in [3.63, 3.8) is 0 Å². The van der Waals surface area contributed by atoms with Crippen LogP contribution in [0.3, 0.4) is 0 Å². The number of hydrogen-bond acceptors (Lipinski definition) is 3. The first-order chi connectivity index (χ1) is 9.47. The fourth-order valence-electron chi connectivity index (χ4n) is 2.22. The van der Waals surface area contributed by atoms with Crippen LogP contribution in [0.1, 0.15) is 24.1 Å². The van der Waals surface area contributed by atoms with E-state index in [1.54, 1.807) is 6.07 Å². The van der Waals surface area contributed by atoms with Crippen LogP contribution in [0.4, 0.5) is 11.4 Å². The van der Waals surface area contributed by atoms with Gasteiger partial charge in [-0.3, -0.25) is 0 Å². The molecule has 1 atom stereocenters. The smallest absolute Gasteiger partial charge is 0.120 e. The molecule has 0 saturated heterocycles. The van der Waals surface area contributed by atoms with E-state index < -0.39 is 0 Å². The van der Waals surface area contributed by atoms with Gasteiger partial charge in [-0.25, -0.2) is 0 Å². The lowest BCUT2D eigenvalue weighted by molar-refractivity contribution is 0.465. The molecule has 3 heteroatoms. The lowest BCUT2D eigenvalue weighted by Gasteiger charge is -2.19. The molecule has 2 aromatic carbocycles. The number of phenols is 1. The molecule has 106 valence electrons. The first-order valence-corrected chi connectivity index (χ1v) is 6.81. The van der Waals surface area contributed by atoms with Gasteiger partial charge in [-0.2, -0.15) is 0 Å². The molecule has 1 unspecified atom stereocenters. The standard InChI is InChI=1S/C17H22N2O/c1-12-8-9-17(20)16(10-12)13(2)18-14-6-5-7-15(11-14)19(3)4/h5-11,13,18,20H,1-4H3. The Morgan fingerprint density at radius 1 is 1.10 bits per heavy atom. The van der Waals surface area contributed by atoms with Crippen LogP contribution >= 0.6 is 0 Å². The summed E-state index contributed by atoms with van der Waals surface area (Å²) in [6.45, 7) is 4.08. The molecule has 20 heavy (non-hydrogen) atoms. The van der Waals surface area contributed by atoms with E-state index in [0.717, 1.165) is 22.5 Å². The Hall–Kier alpha value is -2.16. The quantitative estimate of drug-likeness (QED) is 0.883. The second-order valence-electron chi connectivity index (χ2n) is 5.37. The van der Waals surface area contributed by atoms with Crippen molar-refractivity contribution in [1.82, 2.24) is 0 Å². The number of hydrogen-bond donors (Lipinski definition) is 2. The minimum absolute atomic E-state index is 0.0484. The van der Waals surface area contributed by atoms with Crippen molar-refractivity contribution in [2.24, 2.45) is 0 Å². The number of nitrogens with zero attached hydrogens (tertiary/aromatic N) is 1. The number of nitrogens with one attached hydrogen (secondary N) is 1. The third kappa shape index (κ3) is 3.23. The minimum Gasteiger partial charge on any atom is -0.508 e. The molecule has 0 fully saturated rings. The van der Waals surface area contributed by atoms with Crippen LogP contribution in [-0.4, -0.2) is 19.2 Å². The number of benzene rings is 2. The summed E-state index contributed by atoms with van der Waals surface area (Å²) in [7, 11) is 4.05. The number of aromatic hydroxyl groups is 1. The predicted molar refractivity (Wildman–Crippen MR) is 85.7 cm³/mol. The Morgan fingerprint density at radius 3 is 2.55 bits per heavy atom. The Morgan fingerprint density at radius 2 is 1.85 bits per heavy atom. The Kier molecular flexibility index (Phi) is 4.18. The van der Waals surface area contributed by atoms with Gasteiger partial charge in [-0.15, -0.1) is 0 Å². The zero-order valence-electron chi connectivity index (χ0n) is 12.5. The molecule has 0 aliphatic carbocycles. The molecule has 0 heterocycles. The first kappa shape index (κ1) is 14.3. The topological polar surface area (TPSA) is 35.5 Å². The van der Waals surface area contributed by atoms with Gasteiger partial charge in [-0.1, -0.05) is 23.8 Å². The third-order valence-electron chi connectivity index (χ3n) is 3.40. The van der Waals surface area contributed by atoms with E-state index in [1.807, 2.05) is 45.3 Å². The summed E-state index contributed by atoms with van der Waals surface area (Å²) in [6, 6.07) is 14.0. The maximum absolute atomic E-state index is 9.98. The van der Waals surface area contributed by atoms with Gasteiger partial charge in [0.25, 0.3) is 0 Å². The molecule has 0 aliphatic heterocycles. The van der Waals surface area contributed by atoms with Gasteiger partial charge < -0.3 is 15.3 Å². The van der Waals surface area contributed by atoms with Crippen molar-refractivity contribution in [1.29, 1.82) is 0 Å². The lowest BCUT2D eigenvalue weighted by Crippen LogP contribution is -2.10. The van der Waals surface area contributed by atoms with Crippen LogP contribution in [0.5, 0.6) is 5.75 Å². The highest BCUT2D eigenvalue weighted by atomic mass is 16.3. The maximum Gasteiger partial charge on any atom is 0.120 e. The fraction of sp³-hybridized carbons (Fsp3) is 0.294. The molecule has 0 spiro atoms. The van der Waals surface area contributed by atoms with E-state index in [1.165, 1.54) is 0 Å². The summed E-state index contributed by atoms with van der Waals surface area (Å²) in [5.74, 6) is 0.333. The van der Waals surface area contributed by atoms with Gasteiger partial charge in [-0.05, 0) is 38.1 Å². The van der Waals surface area contributed by atoms with Gasteiger partial charge in [0.2, 0.25) is 0 Å². The molecule has 2 N–H and O–H groups in total. The van der Waals surface area contributed by atoms with Gasteiger partial charge in [0, 0.05) is 31.0 Å². The number of aryl methyl sites for hydroxylation is 1. The van der Waals surface area contributed by atoms with Crippen LogP contribution < -0.4 is 10.2 Å². The molecule has 0 radical (unpaired) electrons. The highest BCUT2D eigenvalue weighted by Crippen LogP contribution is 2.28. The van der Waals surface area contributed by atoms with E-state index >= 15 is 0 Å². The van der Waals surface area contributed by atoms with E-state index in [2.05, 4.69) is 29.3 Å². The summed E-state index contributed by atoms with van der Waals surface area (Å²) in [5.41, 5.74) is 4.26. The van der Waals surface area contributed by atoms with Crippen LogP contribution in [-0.2, 0) is 0 Å². The summed E-state index contributed by atoms with van der Waals surface area (Å²) in [4.78, 5) is 2.07. The Labute approximate surface area is 120 Å². The maximum atomic E-state index is 9.98. The van der Waals surface area contributed by atoms with Crippen molar-refractivity contribution < 1.29 is 5.11 Å². The highest BCUT2D eigenvalue weighted by molar-refractivity contribution is 5.58. The highest BCUT2D eigenvalue weighted by Gasteiger charge is 2.10. The third-order valence-corrected chi connectivity index (χ3v) is 3.40. The van der Waals surface area contributed by atoms with Crippen molar-refractivity contribution in [2.75, 3.05) is 24.3 Å².